The minimum atomic E-state index is 0. The number of aryl methyl sites for hydroxylation is 3. The molecule has 3 aromatic rings. The summed E-state index contributed by atoms with van der Waals surface area (Å²) >= 11 is 0. The molecule has 0 amide bonds. The van der Waals surface area contributed by atoms with Gasteiger partial charge in [0.15, 0.2) is 0 Å². The molecule has 1 aromatic heterocycles. The number of nitrogens with zero attached hydrogens (tertiary/aromatic N) is 1. The Balaban J connectivity index is 0.000000473. The zero-order chi connectivity index (χ0) is 25.4. The normalized spacial score (nSPS) is 11.3. The Morgan fingerprint density at radius 3 is 1.35 bits per heavy atom. The summed E-state index contributed by atoms with van der Waals surface area (Å²) in [5.41, 5.74) is 8.62. The van der Waals surface area contributed by atoms with Gasteiger partial charge in [0.25, 0.3) is 0 Å². The van der Waals surface area contributed by atoms with Crippen LogP contribution in [0.4, 0.5) is 0 Å². The van der Waals surface area contributed by atoms with E-state index in [0.29, 0.717) is 0 Å². The van der Waals surface area contributed by atoms with Crippen LogP contribution in [0.3, 0.4) is 0 Å². The minimum Gasteiger partial charge on any atom is -0.260 e. The number of benzene rings is 2. The van der Waals surface area contributed by atoms with Crippen LogP contribution < -0.4 is 0 Å². The zero-order valence-corrected chi connectivity index (χ0v) is 23.3. The van der Waals surface area contributed by atoms with E-state index in [1.165, 1.54) is 27.8 Å². The highest BCUT2D eigenvalue weighted by molar-refractivity contribution is 5.28. The first-order chi connectivity index (χ1) is 15.0. The molecular formula is C33H51N. The Morgan fingerprint density at radius 1 is 0.500 bits per heavy atom. The van der Waals surface area contributed by atoms with Crippen molar-refractivity contribution in [2.75, 3.05) is 0 Å². The number of aromatic nitrogens is 1. The van der Waals surface area contributed by atoms with Gasteiger partial charge in [-0.1, -0.05) is 135 Å². The molecule has 0 atom stereocenters. The van der Waals surface area contributed by atoms with Crippen LogP contribution in [0, 0.1) is 20.8 Å². The number of rotatable bonds is 0. The molecule has 0 aliphatic carbocycles. The maximum Gasteiger partial charge on any atom is 0.0457 e. The summed E-state index contributed by atoms with van der Waals surface area (Å²) in [6, 6.07) is 21.6. The van der Waals surface area contributed by atoms with E-state index in [1.807, 2.05) is 6.20 Å². The third-order valence-corrected chi connectivity index (χ3v) is 5.48. The Morgan fingerprint density at radius 2 is 1.00 bits per heavy atom. The standard InChI is InChI=1S/2C11H16.C10H15N.CH4/c1-9-5-7-10(8-6-9)11(2,3)4;1-9-6-5-7-10(8-9)11(2,3)4;1-8-5-6-9(11-7-8)10(2,3)4;/h2*5-8H,1-4H3;5-7H,1-4H3;1H4. The average molecular weight is 462 g/mol. The van der Waals surface area contributed by atoms with Crippen molar-refractivity contribution < 1.29 is 0 Å². The quantitative estimate of drug-likeness (QED) is 0.324. The summed E-state index contributed by atoms with van der Waals surface area (Å²) in [7, 11) is 0. The van der Waals surface area contributed by atoms with Gasteiger partial charge in [0.1, 0.15) is 0 Å². The van der Waals surface area contributed by atoms with Gasteiger partial charge < -0.3 is 0 Å². The first-order valence-electron chi connectivity index (χ1n) is 12.1. The third kappa shape index (κ3) is 11.6. The minimum absolute atomic E-state index is 0. The van der Waals surface area contributed by atoms with Crippen LogP contribution in [0.25, 0.3) is 0 Å². The van der Waals surface area contributed by atoms with Crippen molar-refractivity contribution in [3.63, 3.8) is 0 Å². The van der Waals surface area contributed by atoms with E-state index in [9.17, 15) is 0 Å². The molecule has 0 saturated heterocycles. The van der Waals surface area contributed by atoms with Gasteiger partial charge >= 0.3 is 0 Å². The van der Waals surface area contributed by atoms with Gasteiger partial charge in [-0.15, -0.1) is 0 Å². The van der Waals surface area contributed by atoms with Crippen molar-refractivity contribution in [3.05, 3.63) is 100 Å². The fourth-order valence-corrected chi connectivity index (χ4v) is 3.08. The van der Waals surface area contributed by atoms with Gasteiger partial charge in [0.2, 0.25) is 0 Å². The molecule has 188 valence electrons. The molecule has 0 saturated carbocycles. The summed E-state index contributed by atoms with van der Waals surface area (Å²) in [5, 5.41) is 0. The molecule has 0 aliphatic heterocycles. The predicted octanol–water partition coefficient (Wildman–Crippen LogP) is 9.91. The third-order valence-electron chi connectivity index (χ3n) is 5.48. The number of hydrogen-bond acceptors (Lipinski definition) is 1. The van der Waals surface area contributed by atoms with Gasteiger partial charge in [0, 0.05) is 17.3 Å². The van der Waals surface area contributed by atoms with Gasteiger partial charge in [-0.3, -0.25) is 4.98 Å². The molecule has 1 nitrogen and oxygen atoms in total. The summed E-state index contributed by atoms with van der Waals surface area (Å²) in [4.78, 5) is 4.35. The number of hydrogen-bond donors (Lipinski definition) is 0. The van der Waals surface area contributed by atoms with Crippen molar-refractivity contribution in [2.45, 2.75) is 107 Å². The van der Waals surface area contributed by atoms with Crippen molar-refractivity contribution >= 4 is 0 Å². The van der Waals surface area contributed by atoms with Gasteiger partial charge in [0.05, 0.1) is 0 Å². The Hall–Kier alpha value is -2.41. The molecule has 0 unspecified atom stereocenters. The Kier molecular flexibility index (Phi) is 12.0. The SMILES string of the molecule is C.Cc1ccc(C(C)(C)C)cc1.Cc1ccc(C(C)(C)C)nc1.Cc1cccc(C(C)(C)C)c1. The lowest BCUT2D eigenvalue weighted by Gasteiger charge is -2.19. The van der Waals surface area contributed by atoms with Crippen LogP contribution in [0.1, 0.15) is 103 Å². The first-order valence-corrected chi connectivity index (χ1v) is 12.1. The summed E-state index contributed by atoms with van der Waals surface area (Å²) in [6.45, 7) is 26.2. The zero-order valence-electron chi connectivity index (χ0n) is 23.3. The van der Waals surface area contributed by atoms with Crippen LogP contribution in [0.2, 0.25) is 0 Å². The van der Waals surface area contributed by atoms with E-state index in [1.54, 1.807) is 0 Å². The second kappa shape index (κ2) is 12.9. The maximum absolute atomic E-state index is 4.35. The summed E-state index contributed by atoms with van der Waals surface area (Å²) in [6.07, 6.45) is 1.92. The van der Waals surface area contributed by atoms with Crippen molar-refractivity contribution in [1.82, 2.24) is 4.98 Å². The highest BCUT2D eigenvalue weighted by atomic mass is 14.7. The lowest BCUT2D eigenvalue weighted by Crippen LogP contribution is -2.12. The van der Waals surface area contributed by atoms with Crippen LogP contribution in [-0.2, 0) is 16.2 Å². The fraction of sp³-hybridized carbons (Fsp3) is 0.485. The highest BCUT2D eigenvalue weighted by Gasteiger charge is 2.14. The van der Waals surface area contributed by atoms with Crippen LogP contribution in [0.15, 0.2) is 66.9 Å². The summed E-state index contributed by atoms with van der Waals surface area (Å²) in [5.74, 6) is 0. The molecule has 1 heterocycles. The number of pyridine rings is 1. The molecule has 1 heteroatoms. The van der Waals surface area contributed by atoms with Gasteiger partial charge in [-0.2, -0.15) is 0 Å². The second-order valence-corrected chi connectivity index (χ2v) is 12.2. The molecule has 34 heavy (non-hydrogen) atoms. The van der Waals surface area contributed by atoms with Gasteiger partial charge in [-0.05, 0) is 54.4 Å². The van der Waals surface area contributed by atoms with Crippen LogP contribution in [-0.4, -0.2) is 4.98 Å². The molecule has 0 radical (unpaired) electrons. The average Bonchev–Trinajstić information content (AvgIpc) is 2.68. The topological polar surface area (TPSA) is 12.9 Å². The van der Waals surface area contributed by atoms with Crippen molar-refractivity contribution in [1.29, 1.82) is 0 Å². The molecule has 0 bridgehead atoms. The Labute approximate surface area is 212 Å². The fourth-order valence-electron chi connectivity index (χ4n) is 3.08. The summed E-state index contributed by atoms with van der Waals surface area (Å²) < 4.78 is 0. The second-order valence-electron chi connectivity index (χ2n) is 12.2. The van der Waals surface area contributed by atoms with E-state index in [0.717, 1.165) is 5.69 Å². The van der Waals surface area contributed by atoms with Crippen LogP contribution in [0.5, 0.6) is 0 Å². The van der Waals surface area contributed by atoms with Crippen LogP contribution >= 0.6 is 0 Å². The van der Waals surface area contributed by atoms with E-state index < -0.39 is 0 Å². The molecule has 0 fully saturated rings. The largest absolute Gasteiger partial charge is 0.260 e. The lowest BCUT2D eigenvalue weighted by atomic mass is 9.86. The highest BCUT2D eigenvalue weighted by Crippen LogP contribution is 2.23. The van der Waals surface area contributed by atoms with Crippen molar-refractivity contribution in [3.8, 4) is 0 Å². The van der Waals surface area contributed by atoms with E-state index in [2.05, 4.69) is 149 Å². The predicted molar refractivity (Wildman–Crippen MR) is 154 cm³/mol. The van der Waals surface area contributed by atoms with Crippen molar-refractivity contribution in [2.24, 2.45) is 0 Å². The molecule has 3 rings (SSSR count). The molecule has 0 spiro atoms. The molecule has 0 N–H and O–H groups in total. The molecule has 0 aliphatic rings. The van der Waals surface area contributed by atoms with E-state index in [-0.39, 0.29) is 23.7 Å². The monoisotopic (exact) mass is 461 g/mol. The molecule has 2 aromatic carbocycles. The smallest absolute Gasteiger partial charge is 0.0457 e. The van der Waals surface area contributed by atoms with E-state index in [4.69, 9.17) is 0 Å². The maximum atomic E-state index is 4.35. The first kappa shape index (κ1) is 31.6. The van der Waals surface area contributed by atoms with E-state index >= 15 is 0 Å². The lowest BCUT2D eigenvalue weighted by molar-refractivity contribution is 0.568. The molecular weight excluding hydrogens is 410 g/mol. The Bertz CT molecular complexity index is 902. The van der Waals surface area contributed by atoms with Gasteiger partial charge in [-0.25, -0.2) is 0 Å².